The molecule has 0 saturated carbocycles. The summed E-state index contributed by atoms with van der Waals surface area (Å²) < 4.78 is 253. The van der Waals surface area contributed by atoms with Gasteiger partial charge in [0.2, 0.25) is 0 Å². The van der Waals surface area contributed by atoms with E-state index in [1.165, 1.54) is 31.0 Å². The molecule has 4 aromatic carbocycles. The molecular weight excluding hydrogens is 1420 g/mol. The third kappa shape index (κ3) is 18.7. The third-order valence-electron chi connectivity index (χ3n) is 6.68. The molecule has 0 N–H and O–H groups in total. The summed E-state index contributed by atoms with van der Waals surface area (Å²) >= 11 is -0.792. The standard InChI is InChI=1S/C14H14I.C13H12I.2C4HF8IO4S/c1-11-3-7-13(8-4-11)15-14-9-5-12(2)6-10-14;1-11-7-9-13(10-8-11)14-12-5-3-2-4-6-12;2*5-1(6,13)2(7,8)17-3(9,10)4(11,12)18(14,15)16/h3-10H,1-2H3;2-10H,1H3;2*(H,14,15,16)/q2*+1;;/p-2. The lowest BCUT2D eigenvalue weighted by Gasteiger charge is -2.31. The average Bonchev–Trinajstić information content (AvgIpc) is 3.13. The predicted octanol–water partition coefficient (Wildman–Crippen LogP) is 5.26. The minimum absolute atomic E-state index is 0.00313. The van der Waals surface area contributed by atoms with Crippen LogP contribution in [0.4, 0.5) is 70.2 Å². The molecule has 0 unspecified atom stereocenters. The summed E-state index contributed by atoms with van der Waals surface area (Å²) in [5, 5.41) is -13.3. The Labute approximate surface area is 407 Å². The molecule has 0 aliphatic rings. The van der Waals surface area contributed by atoms with Gasteiger partial charge in [0.15, 0.2) is 34.5 Å². The van der Waals surface area contributed by atoms with Crippen LogP contribution in [-0.2, 0) is 29.7 Å². The highest BCUT2D eigenvalue weighted by atomic mass is 127. The Kier molecular flexibility index (Phi) is 22.1. The van der Waals surface area contributed by atoms with E-state index in [2.05, 4.69) is 124 Å². The van der Waals surface area contributed by atoms with Gasteiger partial charge in [-0.15, -0.1) is 0 Å². The number of alkyl halides is 18. The first-order valence-electron chi connectivity index (χ1n) is 16.3. The molecular formula is C35H26F16I4O8S2. The van der Waals surface area contributed by atoms with Crippen molar-refractivity contribution < 1.29 is 148 Å². The van der Waals surface area contributed by atoms with Crippen molar-refractivity contribution in [3.8, 4) is 0 Å². The third-order valence-corrected chi connectivity index (χ3v) is 15.0. The fourth-order valence-electron chi connectivity index (χ4n) is 3.37. The van der Waals surface area contributed by atoms with E-state index < -0.39 is 108 Å². The summed E-state index contributed by atoms with van der Waals surface area (Å²) in [6.45, 7) is 6.40. The summed E-state index contributed by atoms with van der Waals surface area (Å²) in [7, 11) is -14.2. The van der Waals surface area contributed by atoms with Crippen molar-refractivity contribution in [3.05, 3.63) is 134 Å². The molecule has 0 spiro atoms. The number of benzene rings is 4. The van der Waals surface area contributed by atoms with Crippen LogP contribution in [0, 0.1) is 35.1 Å². The molecule has 366 valence electrons. The Morgan fingerprint density at radius 3 is 0.815 bits per heavy atom. The fraction of sp³-hybridized carbons (Fsp3) is 0.314. The van der Waals surface area contributed by atoms with Crippen molar-refractivity contribution in [2.45, 2.75) is 63.6 Å². The Hall–Kier alpha value is -1.58. The first kappa shape index (κ1) is 61.4. The topological polar surface area (TPSA) is 133 Å². The molecule has 30 heteroatoms. The van der Waals surface area contributed by atoms with Gasteiger partial charge in [-0.25, -0.2) is 26.3 Å². The number of hydrogen-bond acceptors (Lipinski definition) is 8. The highest BCUT2D eigenvalue weighted by Gasteiger charge is 2.72. The van der Waals surface area contributed by atoms with Crippen LogP contribution in [0.1, 0.15) is 16.7 Å². The number of ether oxygens (including phenoxy) is 2. The zero-order valence-electron chi connectivity index (χ0n) is 32.0. The minimum Gasteiger partial charge on any atom is -0.743 e. The van der Waals surface area contributed by atoms with E-state index in [1.807, 2.05) is 9.47 Å². The van der Waals surface area contributed by atoms with E-state index >= 15 is 0 Å². The average molecular weight is 1450 g/mol. The fourth-order valence-corrected chi connectivity index (χ4v) is 8.62. The molecule has 0 aliphatic heterocycles. The van der Waals surface area contributed by atoms with Gasteiger partial charge in [-0.3, -0.25) is 0 Å². The SMILES string of the molecule is Cc1ccc([I+]c2ccc(C)cc2)cc1.Cc1ccc([I+]c2ccccc2)cc1.O=S(=O)([O-])C(F)(F)C(F)(F)OC(F)(F)C(F)(F)I.O=S(=O)([O-])C(F)(F)C(F)(F)OC(F)(F)C(F)(F)I. The number of aryl methyl sites for hydroxylation is 3. The maximum absolute atomic E-state index is 12.4. The quantitative estimate of drug-likeness (QED) is 0.0724. The smallest absolute Gasteiger partial charge is 0.438 e. The van der Waals surface area contributed by atoms with Gasteiger partial charge < -0.3 is 9.11 Å². The van der Waals surface area contributed by atoms with Crippen LogP contribution < -0.4 is 42.4 Å². The molecule has 0 aliphatic carbocycles. The normalized spacial score (nSPS) is 13.3. The maximum Gasteiger partial charge on any atom is 0.438 e. The van der Waals surface area contributed by atoms with E-state index in [4.69, 9.17) is 0 Å². The summed E-state index contributed by atoms with van der Waals surface area (Å²) in [5.74, 6) is 0. The Balaban J connectivity index is 0.000000435. The van der Waals surface area contributed by atoms with Crippen LogP contribution in [0.5, 0.6) is 0 Å². The molecule has 4 rings (SSSR count). The maximum atomic E-state index is 12.4. The second kappa shape index (κ2) is 23.4. The van der Waals surface area contributed by atoms with Gasteiger partial charge in [-0.05, 0) is 69.3 Å². The second-order valence-electron chi connectivity index (χ2n) is 12.1. The number of hydrogen-bond donors (Lipinski definition) is 0. The van der Waals surface area contributed by atoms with Crippen molar-refractivity contribution in [2.24, 2.45) is 0 Å². The van der Waals surface area contributed by atoms with Gasteiger partial charge in [-0.2, -0.15) is 70.2 Å². The summed E-state index contributed by atoms with van der Waals surface area (Å²) in [5.41, 5.74) is 4.02. The van der Waals surface area contributed by atoms with Crippen LogP contribution >= 0.6 is 45.2 Å². The molecule has 0 radical (unpaired) electrons. The van der Waals surface area contributed by atoms with E-state index in [0.717, 1.165) is 0 Å². The highest BCUT2D eigenvalue weighted by molar-refractivity contribution is 14.1. The van der Waals surface area contributed by atoms with Crippen LogP contribution in [0.3, 0.4) is 0 Å². The molecule has 0 bridgehead atoms. The Bertz CT molecular complexity index is 2220. The van der Waals surface area contributed by atoms with Crippen molar-refractivity contribution >= 4 is 65.4 Å². The van der Waals surface area contributed by atoms with Gasteiger partial charge in [0.1, 0.15) is 0 Å². The molecule has 0 amide bonds. The van der Waals surface area contributed by atoms with Gasteiger partial charge in [0.05, 0.1) is 0 Å². The second-order valence-corrected chi connectivity index (χ2v) is 23.7. The van der Waals surface area contributed by atoms with Gasteiger partial charge in [0.25, 0.3) is 0 Å². The van der Waals surface area contributed by atoms with Crippen molar-refractivity contribution in [2.75, 3.05) is 0 Å². The monoisotopic (exact) mass is 1450 g/mol. The molecule has 0 atom stereocenters. The predicted molar refractivity (Wildman–Crippen MR) is 204 cm³/mol. The van der Waals surface area contributed by atoms with Crippen LogP contribution in [-0.4, -0.2) is 68.7 Å². The van der Waals surface area contributed by atoms with Crippen LogP contribution in [0.15, 0.2) is 103 Å². The van der Waals surface area contributed by atoms with E-state index in [0.29, 0.717) is 0 Å². The Morgan fingerprint density at radius 1 is 0.400 bits per heavy atom. The van der Waals surface area contributed by atoms with Crippen LogP contribution in [0.25, 0.3) is 0 Å². The zero-order chi connectivity index (χ0) is 50.9. The number of rotatable bonds is 14. The van der Waals surface area contributed by atoms with E-state index in [1.54, 1.807) is 0 Å². The first-order chi connectivity index (χ1) is 29.0. The minimum atomic E-state index is -7.12. The molecule has 0 aromatic heterocycles. The van der Waals surface area contributed by atoms with Crippen molar-refractivity contribution in [1.29, 1.82) is 0 Å². The lowest BCUT2D eigenvalue weighted by molar-refractivity contribution is -0.597. The number of halogens is 20. The highest BCUT2D eigenvalue weighted by Crippen LogP contribution is 2.50. The van der Waals surface area contributed by atoms with Crippen molar-refractivity contribution in [1.82, 2.24) is 0 Å². The molecule has 0 heterocycles. The molecule has 0 fully saturated rings. The van der Waals surface area contributed by atoms with Crippen LogP contribution in [0.2, 0.25) is 0 Å². The summed E-state index contributed by atoms with van der Waals surface area (Å²) in [6.07, 6.45) is -25.6. The summed E-state index contributed by atoms with van der Waals surface area (Å²) in [6, 6.07) is 37.4. The van der Waals surface area contributed by atoms with Gasteiger partial charge in [-0.1, -0.05) is 71.3 Å². The van der Waals surface area contributed by atoms with Gasteiger partial charge >= 0.3 is 85.2 Å². The molecule has 65 heavy (non-hydrogen) atoms. The summed E-state index contributed by atoms with van der Waals surface area (Å²) in [4.78, 5) is 0. The Morgan fingerprint density at radius 2 is 0.615 bits per heavy atom. The lowest BCUT2D eigenvalue weighted by atomic mass is 10.2. The zero-order valence-corrected chi connectivity index (χ0v) is 42.2. The van der Waals surface area contributed by atoms with Gasteiger partial charge in [0, 0.05) is 45.2 Å². The molecule has 4 aromatic rings. The van der Waals surface area contributed by atoms with E-state index in [9.17, 15) is 96.2 Å². The first-order valence-corrected chi connectivity index (χ1v) is 25.5. The molecule has 8 nitrogen and oxygen atoms in total. The largest absolute Gasteiger partial charge is 0.743 e. The lowest BCUT2D eigenvalue weighted by Crippen LogP contribution is -3.61. The van der Waals surface area contributed by atoms with E-state index in [-0.39, 0.29) is 42.4 Å². The van der Waals surface area contributed by atoms with Crippen molar-refractivity contribution in [3.63, 3.8) is 0 Å². The molecule has 0 saturated heterocycles.